The zero-order valence-corrected chi connectivity index (χ0v) is 13.6. The van der Waals surface area contributed by atoms with Gasteiger partial charge in [-0.3, -0.25) is 9.69 Å². The van der Waals surface area contributed by atoms with Gasteiger partial charge in [0.2, 0.25) is 5.91 Å². The molecular weight excluding hydrogens is 274 g/mol. The van der Waals surface area contributed by atoms with E-state index in [1.165, 1.54) is 32.1 Å². The molecule has 0 unspecified atom stereocenters. The predicted molar refractivity (Wildman–Crippen MR) is 85.4 cm³/mol. The summed E-state index contributed by atoms with van der Waals surface area (Å²) in [5.74, 6) is 0.344. The maximum atomic E-state index is 12.5. The van der Waals surface area contributed by atoms with E-state index in [9.17, 15) is 4.79 Å². The Balaban J connectivity index is 0.00000200. The van der Waals surface area contributed by atoms with E-state index in [0.29, 0.717) is 18.5 Å². The second-order valence-corrected chi connectivity index (χ2v) is 5.85. The first-order valence-corrected chi connectivity index (χ1v) is 8.04. The smallest absolute Gasteiger partial charge is 0.236 e. The summed E-state index contributed by atoms with van der Waals surface area (Å²) in [6.45, 7) is 7.78. The zero-order chi connectivity index (χ0) is 13.5. The highest BCUT2D eigenvalue weighted by Gasteiger charge is 2.25. The van der Waals surface area contributed by atoms with Crippen molar-refractivity contribution >= 4 is 18.3 Å². The first-order chi connectivity index (χ1) is 9.31. The lowest BCUT2D eigenvalue weighted by atomic mass is 9.94. The SMILES string of the molecule is CCN(C(=O)CN1CCCNCC1)C1CCCCC1.Cl. The van der Waals surface area contributed by atoms with E-state index >= 15 is 0 Å². The van der Waals surface area contributed by atoms with Gasteiger partial charge >= 0.3 is 0 Å². The van der Waals surface area contributed by atoms with Crippen LogP contribution >= 0.6 is 12.4 Å². The minimum atomic E-state index is 0. The van der Waals surface area contributed by atoms with Crippen LogP contribution < -0.4 is 5.32 Å². The van der Waals surface area contributed by atoms with E-state index in [-0.39, 0.29) is 12.4 Å². The average molecular weight is 304 g/mol. The highest BCUT2D eigenvalue weighted by atomic mass is 35.5. The molecule has 118 valence electrons. The highest BCUT2D eigenvalue weighted by molar-refractivity contribution is 5.85. The molecule has 1 saturated heterocycles. The number of hydrogen-bond donors (Lipinski definition) is 1. The Kier molecular flexibility index (Phi) is 8.50. The van der Waals surface area contributed by atoms with Crippen molar-refractivity contribution in [2.75, 3.05) is 39.3 Å². The molecular formula is C15H30ClN3O. The maximum Gasteiger partial charge on any atom is 0.236 e. The molecule has 1 N–H and O–H groups in total. The number of hydrogen-bond acceptors (Lipinski definition) is 3. The summed E-state index contributed by atoms with van der Waals surface area (Å²) >= 11 is 0. The largest absolute Gasteiger partial charge is 0.339 e. The number of amides is 1. The van der Waals surface area contributed by atoms with E-state index in [4.69, 9.17) is 0 Å². The van der Waals surface area contributed by atoms with Gasteiger partial charge in [0.05, 0.1) is 6.54 Å². The summed E-state index contributed by atoms with van der Waals surface area (Å²) in [6, 6.07) is 0.511. The first kappa shape index (κ1) is 17.7. The Hall–Kier alpha value is -0.320. The lowest BCUT2D eigenvalue weighted by Crippen LogP contribution is -2.46. The molecule has 0 aromatic rings. The third-order valence-corrected chi connectivity index (χ3v) is 4.47. The van der Waals surface area contributed by atoms with Crippen molar-refractivity contribution in [3.8, 4) is 0 Å². The number of carbonyl (C=O) groups excluding carboxylic acids is 1. The van der Waals surface area contributed by atoms with Gasteiger partial charge in [-0.25, -0.2) is 0 Å². The molecule has 4 nitrogen and oxygen atoms in total. The van der Waals surface area contributed by atoms with Gasteiger partial charge < -0.3 is 10.2 Å². The summed E-state index contributed by atoms with van der Waals surface area (Å²) in [6.07, 6.45) is 7.51. The molecule has 1 heterocycles. The zero-order valence-electron chi connectivity index (χ0n) is 12.8. The molecule has 0 bridgehead atoms. The van der Waals surface area contributed by atoms with Crippen LogP contribution in [-0.2, 0) is 4.79 Å². The quantitative estimate of drug-likeness (QED) is 0.861. The molecule has 1 saturated carbocycles. The van der Waals surface area contributed by atoms with Crippen LogP contribution in [0.5, 0.6) is 0 Å². The van der Waals surface area contributed by atoms with Crippen molar-refractivity contribution < 1.29 is 4.79 Å². The van der Waals surface area contributed by atoms with Gasteiger partial charge in [-0.05, 0) is 39.3 Å². The second kappa shape index (κ2) is 9.59. The molecule has 2 fully saturated rings. The van der Waals surface area contributed by atoms with E-state index in [0.717, 1.165) is 39.1 Å². The summed E-state index contributed by atoms with van der Waals surface area (Å²) in [5, 5.41) is 3.39. The van der Waals surface area contributed by atoms with E-state index < -0.39 is 0 Å². The molecule has 1 aliphatic carbocycles. The molecule has 0 atom stereocenters. The monoisotopic (exact) mass is 303 g/mol. The van der Waals surface area contributed by atoms with Crippen LogP contribution in [-0.4, -0.2) is 61.0 Å². The number of halogens is 1. The fraction of sp³-hybridized carbons (Fsp3) is 0.933. The summed E-state index contributed by atoms with van der Waals surface area (Å²) in [5.41, 5.74) is 0. The molecule has 20 heavy (non-hydrogen) atoms. The van der Waals surface area contributed by atoms with Crippen molar-refractivity contribution in [3.63, 3.8) is 0 Å². The second-order valence-electron chi connectivity index (χ2n) is 5.85. The van der Waals surface area contributed by atoms with Crippen LogP contribution in [0.1, 0.15) is 45.4 Å². The van der Waals surface area contributed by atoms with Gasteiger partial charge in [0, 0.05) is 25.7 Å². The molecule has 1 aliphatic heterocycles. The van der Waals surface area contributed by atoms with Crippen molar-refractivity contribution in [1.82, 2.24) is 15.1 Å². The summed E-state index contributed by atoms with van der Waals surface area (Å²) < 4.78 is 0. The van der Waals surface area contributed by atoms with Gasteiger partial charge in [0.25, 0.3) is 0 Å². The van der Waals surface area contributed by atoms with E-state index in [1.807, 2.05) is 0 Å². The molecule has 2 rings (SSSR count). The normalized spacial score (nSPS) is 21.9. The third-order valence-electron chi connectivity index (χ3n) is 4.47. The molecule has 0 radical (unpaired) electrons. The fourth-order valence-electron chi connectivity index (χ4n) is 3.37. The van der Waals surface area contributed by atoms with Gasteiger partial charge in [-0.15, -0.1) is 12.4 Å². The van der Waals surface area contributed by atoms with E-state index in [2.05, 4.69) is 22.0 Å². The Morgan fingerprint density at radius 1 is 1.15 bits per heavy atom. The first-order valence-electron chi connectivity index (χ1n) is 8.04. The molecule has 2 aliphatic rings. The molecule has 5 heteroatoms. The van der Waals surface area contributed by atoms with Crippen LogP contribution in [0, 0.1) is 0 Å². The van der Waals surface area contributed by atoms with Crippen LogP contribution in [0.4, 0.5) is 0 Å². The van der Waals surface area contributed by atoms with Gasteiger partial charge in [-0.1, -0.05) is 19.3 Å². The maximum absolute atomic E-state index is 12.5. The minimum absolute atomic E-state index is 0. The number of nitrogens with one attached hydrogen (secondary N) is 1. The van der Waals surface area contributed by atoms with Gasteiger partial charge in [0.15, 0.2) is 0 Å². The van der Waals surface area contributed by atoms with Gasteiger partial charge in [-0.2, -0.15) is 0 Å². The van der Waals surface area contributed by atoms with Crippen molar-refractivity contribution in [3.05, 3.63) is 0 Å². The number of likely N-dealkylation sites (N-methyl/N-ethyl adjacent to an activating group) is 1. The minimum Gasteiger partial charge on any atom is -0.339 e. The lowest BCUT2D eigenvalue weighted by molar-refractivity contribution is -0.135. The predicted octanol–water partition coefficient (Wildman–Crippen LogP) is 1.88. The third kappa shape index (κ3) is 5.23. The number of nitrogens with zero attached hydrogens (tertiary/aromatic N) is 2. The Morgan fingerprint density at radius 3 is 2.60 bits per heavy atom. The van der Waals surface area contributed by atoms with Crippen LogP contribution in [0.2, 0.25) is 0 Å². The number of rotatable bonds is 4. The molecule has 0 aromatic carbocycles. The van der Waals surface area contributed by atoms with Crippen LogP contribution in [0.25, 0.3) is 0 Å². The number of carbonyl (C=O) groups is 1. The van der Waals surface area contributed by atoms with Crippen molar-refractivity contribution in [2.24, 2.45) is 0 Å². The Labute approximate surface area is 129 Å². The van der Waals surface area contributed by atoms with Crippen molar-refractivity contribution in [2.45, 2.75) is 51.5 Å². The Bertz CT molecular complexity index is 274. The van der Waals surface area contributed by atoms with Crippen LogP contribution in [0.15, 0.2) is 0 Å². The summed E-state index contributed by atoms with van der Waals surface area (Å²) in [4.78, 5) is 17.0. The fourth-order valence-corrected chi connectivity index (χ4v) is 3.37. The topological polar surface area (TPSA) is 35.6 Å². The molecule has 0 aromatic heterocycles. The lowest BCUT2D eigenvalue weighted by Gasteiger charge is -2.35. The molecule has 1 amide bonds. The summed E-state index contributed by atoms with van der Waals surface area (Å²) in [7, 11) is 0. The van der Waals surface area contributed by atoms with Gasteiger partial charge in [0.1, 0.15) is 0 Å². The van der Waals surface area contributed by atoms with Crippen LogP contribution in [0.3, 0.4) is 0 Å². The average Bonchev–Trinajstić information content (AvgIpc) is 2.69. The standard InChI is InChI=1S/C15H29N3O.ClH/c1-2-18(14-7-4-3-5-8-14)15(19)13-17-11-6-9-16-10-12-17;/h14,16H,2-13H2,1H3;1H. The molecule has 0 spiro atoms. The highest BCUT2D eigenvalue weighted by Crippen LogP contribution is 2.22. The Morgan fingerprint density at radius 2 is 1.90 bits per heavy atom. The van der Waals surface area contributed by atoms with E-state index in [1.54, 1.807) is 0 Å². The van der Waals surface area contributed by atoms with Crippen molar-refractivity contribution in [1.29, 1.82) is 0 Å².